The monoisotopic (exact) mass is 421 g/mol. The Kier molecular flexibility index (Phi) is 5.36. The van der Waals surface area contributed by atoms with Gasteiger partial charge in [-0.05, 0) is 43.2 Å². The normalized spacial score (nSPS) is 16.5. The van der Waals surface area contributed by atoms with Gasteiger partial charge in [0.1, 0.15) is 5.82 Å². The Balaban J connectivity index is 1.47. The van der Waals surface area contributed by atoms with Crippen LogP contribution in [0.5, 0.6) is 0 Å². The van der Waals surface area contributed by atoms with Crippen LogP contribution in [0.25, 0.3) is 17.1 Å². The van der Waals surface area contributed by atoms with Crippen LogP contribution in [0.4, 0.5) is 5.69 Å². The smallest absolute Gasteiger partial charge is 0.227 e. The summed E-state index contributed by atoms with van der Waals surface area (Å²) in [4.78, 5) is 19.9. The zero-order valence-corrected chi connectivity index (χ0v) is 18.5. The molecule has 1 aromatic heterocycles. The van der Waals surface area contributed by atoms with Crippen molar-refractivity contribution in [1.29, 1.82) is 0 Å². The number of hydrogen-bond donors (Lipinski definition) is 0. The third-order valence-corrected chi connectivity index (χ3v) is 6.22. The van der Waals surface area contributed by atoms with E-state index in [9.17, 15) is 4.79 Å². The van der Waals surface area contributed by atoms with Crippen molar-refractivity contribution in [3.8, 4) is 0 Å². The van der Waals surface area contributed by atoms with Crippen LogP contribution >= 0.6 is 0 Å². The third kappa shape index (κ3) is 3.84. The van der Waals surface area contributed by atoms with Gasteiger partial charge in [-0.15, -0.1) is 0 Å². The number of rotatable bonds is 5. The average Bonchev–Trinajstić information content (AvgIpc) is 3.35. The maximum Gasteiger partial charge on any atom is 0.227 e. The Morgan fingerprint density at radius 3 is 2.59 bits per heavy atom. The number of hydrogen-bond acceptors (Lipinski definition) is 2. The van der Waals surface area contributed by atoms with Crippen molar-refractivity contribution in [2.45, 2.75) is 32.7 Å². The van der Waals surface area contributed by atoms with Gasteiger partial charge in [0.2, 0.25) is 5.91 Å². The van der Waals surface area contributed by atoms with E-state index in [1.54, 1.807) is 0 Å². The molecule has 0 radical (unpaired) electrons. The lowest BCUT2D eigenvalue weighted by molar-refractivity contribution is -0.117. The first kappa shape index (κ1) is 20.3. The Morgan fingerprint density at radius 1 is 1.00 bits per heavy atom. The highest BCUT2D eigenvalue weighted by molar-refractivity contribution is 5.97. The summed E-state index contributed by atoms with van der Waals surface area (Å²) in [6, 6.07) is 24.8. The minimum absolute atomic E-state index is 0.0701. The fraction of sp³-hybridized carbons (Fsp3) is 0.214. The summed E-state index contributed by atoms with van der Waals surface area (Å²) in [5.41, 5.74) is 6.62. The summed E-state index contributed by atoms with van der Waals surface area (Å²) in [6.07, 6.45) is 4.80. The van der Waals surface area contributed by atoms with Crippen LogP contribution in [-0.4, -0.2) is 22.0 Å². The quantitative estimate of drug-likeness (QED) is 0.403. The van der Waals surface area contributed by atoms with Crippen molar-refractivity contribution >= 4 is 28.7 Å². The minimum Gasteiger partial charge on any atom is -0.324 e. The molecule has 1 aliphatic heterocycles. The van der Waals surface area contributed by atoms with Crippen LogP contribution in [0.3, 0.4) is 0 Å². The number of benzene rings is 3. The van der Waals surface area contributed by atoms with E-state index in [1.807, 2.05) is 35.2 Å². The SMILES string of the molecule is Cc1ccc(N2C[C@@H](c3nc4ccccc4n3C/C=C/c3ccccc3)CC2=O)c(C)c1. The maximum atomic E-state index is 13.0. The van der Waals surface area contributed by atoms with Crippen molar-refractivity contribution in [2.24, 2.45) is 0 Å². The minimum atomic E-state index is 0.0701. The summed E-state index contributed by atoms with van der Waals surface area (Å²) in [5, 5.41) is 0. The summed E-state index contributed by atoms with van der Waals surface area (Å²) < 4.78 is 2.26. The zero-order chi connectivity index (χ0) is 22.1. The predicted molar refractivity (Wildman–Crippen MR) is 131 cm³/mol. The summed E-state index contributed by atoms with van der Waals surface area (Å²) in [6.45, 7) is 5.54. The molecule has 0 aliphatic carbocycles. The van der Waals surface area contributed by atoms with Gasteiger partial charge < -0.3 is 9.47 Å². The van der Waals surface area contributed by atoms with Crippen molar-refractivity contribution in [3.63, 3.8) is 0 Å². The lowest BCUT2D eigenvalue weighted by Crippen LogP contribution is -2.25. The van der Waals surface area contributed by atoms with Crippen LogP contribution in [0.15, 0.2) is 78.9 Å². The van der Waals surface area contributed by atoms with E-state index >= 15 is 0 Å². The molecule has 4 aromatic rings. The van der Waals surface area contributed by atoms with E-state index in [1.165, 1.54) is 11.1 Å². The highest BCUT2D eigenvalue weighted by Gasteiger charge is 2.35. The molecule has 0 N–H and O–H groups in total. The molecule has 160 valence electrons. The highest BCUT2D eigenvalue weighted by atomic mass is 16.2. The molecule has 32 heavy (non-hydrogen) atoms. The van der Waals surface area contributed by atoms with Gasteiger partial charge in [0.15, 0.2) is 0 Å². The molecule has 1 amide bonds. The van der Waals surface area contributed by atoms with Crippen molar-refractivity contribution < 1.29 is 4.79 Å². The first-order chi connectivity index (χ1) is 15.6. The molecule has 0 bridgehead atoms. The van der Waals surface area contributed by atoms with Gasteiger partial charge in [0, 0.05) is 31.1 Å². The van der Waals surface area contributed by atoms with Gasteiger partial charge in [-0.25, -0.2) is 4.98 Å². The van der Waals surface area contributed by atoms with Gasteiger partial charge in [-0.1, -0.05) is 72.3 Å². The molecule has 1 atom stereocenters. The Hall–Kier alpha value is -3.66. The van der Waals surface area contributed by atoms with Crippen molar-refractivity contribution in [3.05, 3.63) is 101 Å². The molecule has 0 unspecified atom stereocenters. The first-order valence-corrected chi connectivity index (χ1v) is 11.1. The number of aromatic nitrogens is 2. The van der Waals surface area contributed by atoms with E-state index in [4.69, 9.17) is 4.98 Å². The zero-order valence-electron chi connectivity index (χ0n) is 18.5. The molecular weight excluding hydrogens is 394 g/mol. The second-order valence-corrected chi connectivity index (χ2v) is 8.58. The number of carbonyl (C=O) groups is 1. The molecule has 1 saturated heterocycles. The number of amides is 1. The standard InChI is InChI=1S/C28H27N3O/c1-20-14-15-25(21(2)17-20)31-19-23(18-27(31)32)28-29-24-12-6-7-13-26(24)30(28)16-8-11-22-9-4-3-5-10-22/h3-15,17,23H,16,18-19H2,1-2H3/b11-8+/t23-/m0/s1. The number of allylic oxidation sites excluding steroid dienone is 1. The number of para-hydroxylation sites is 2. The third-order valence-electron chi connectivity index (χ3n) is 6.22. The number of fused-ring (bicyclic) bond motifs is 1. The molecule has 1 aliphatic rings. The highest BCUT2D eigenvalue weighted by Crippen LogP contribution is 2.34. The Bertz CT molecular complexity index is 1300. The lowest BCUT2D eigenvalue weighted by Gasteiger charge is -2.20. The lowest BCUT2D eigenvalue weighted by atomic mass is 10.1. The molecule has 0 saturated carbocycles. The second-order valence-electron chi connectivity index (χ2n) is 8.58. The van der Waals surface area contributed by atoms with Crippen molar-refractivity contribution in [2.75, 3.05) is 11.4 Å². The number of anilines is 1. The van der Waals surface area contributed by atoms with Gasteiger partial charge >= 0.3 is 0 Å². The summed E-state index contributed by atoms with van der Waals surface area (Å²) in [5.74, 6) is 1.23. The summed E-state index contributed by atoms with van der Waals surface area (Å²) in [7, 11) is 0. The second kappa shape index (κ2) is 8.46. The Labute approximate surface area is 188 Å². The number of imidazole rings is 1. The van der Waals surface area contributed by atoms with Gasteiger partial charge in [0.05, 0.1) is 11.0 Å². The van der Waals surface area contributed by atoms with Crippen molar-refractivity contribution in [1.82, 2.24) is 9.55 Å². The van der Waals surface area contributed by atoms with Gasteiger partial charge in [-0.3, -0.25) is 4.79 Å². The first-order valence-electron chi connectivity index (χ1n) is 11.1. The molecule has 1 fully saturated rings. The van der Waals surface area contributed by atoms with Gasteiger partial charge in [-0.2, -0.15) is 0 Å². The van der Waals surface area contributed by atoms with Crippen LogP contribution in [0, 0.1) is 13.8 Å². The van der Waals surface area contributed by atoms with E-state index in [0.29, 0.717) is 13.0 Å². The molecule has 2 heterocycles. The molecule has 3 aromatic carbocycles. The number of carbonyl (C=O) groups excluding carboxylic acids is 1. The van der Waals surface area contributed by atoms with Crippen LogP contribution < -0.4 is 4.90 Å². The van der Waals surface area contributed by atoms with E-state index in [2.05, 4.69) is 73.0 Å². The molecule has 4 nitrogen and oxygen atoms in total. The fourth-order valence-corrected chi connectivity index (χ4v) is 4.68. The predicted octanol–water partition coefficient (Wildman–Crippen LogP) is 5.89. The van der Waals surface area contributed by atoms with E-state index < -0.39 is 0 Å². The van der Waals surface area contributed by atoms with Crippen LogP contribution in [-0.2, 0) is 11.3 Å². The fourth-order valence-electron chi connectivity index (χ4n) is 4.68. The topological polar surface area (TPSA) is 38.1 Å². The largest absolute Gasteiger partial charge is 0.324 e. The number of nitrogens with zero attached hydrogens (tertiary/aromatic N) is 3. The molecule has 4 heteroatoms. The van der Waals surface area contributed by atoms with Gasteiger partial charge in [0.25, 0.3) is 0 Å². The number of aryl methyl sites for hydroxylation is 2. The van der Waals surface area contributed by atoms with Crippen LogP contribution in [0.2, 0.25) is 0 Å². The molecular formula is C28H27N3O. The van der Waals surface area contributed by atoms with Crippen LogP contribution in [0.1, 0.15) is 34.9 Å². The molecule has 5 rings (SSSR count). The maximum absolute atomic E-state index is 13.0. The Morgan fingerprint density at radius 2 is 1.78 bits per heavy atom. The molecule has 0 spiro atoms. The summed E-state index contributed by atoms with van der Waals surface area (Å²) >= 11 is 0. The van der Waals surface area contributed by atoms with E-state index in [0.717, 1.165) is 34.7 Å². The van der Waals surface area contributed by atoms with E-state index in [-0.39, 0.29) is 11.8 Å². The average molecular weight is 422 g/mol.